The van der Waals surface area contributed by atoms with Gasteiger partial charge in [-0.1, -0.05) is 31.5 Å². The van der Waals surface area contributed by atoms with Crippen LogP contribution < -0.4 is 5.32 Å². The van der Waals surface area contributed by atoms with Crippen LogP contribution in [0.1, 0.15) is 25.8 Å². The van der Waals surface area contributed by atoms with Crippen molar-refractivity contribution in [3.63, 3.8) is 0 Å². The van der Waals surface area contributed by atoms with Crippen LogP contribution in [0.2, 0.25) is 5.02 Å². The maximum atomic E-state index is 13.5. The van der Waals surface area contributed by atoms with Crippen molar-refractivity contribution in [3.8, 4) is 0 Å². The maximum Gasteiger partial charge on any atom is 0.129 e. The monoisotopic (exact) mass is 277 g/mol. The molecular formula is C13H18Cl2FN. The molecule has 0 unspecified atom stereocenters. The van der Waals surface area contributed by atoms with Gasteiger partial charge in [-0.2, -0.15) is 0 Å². The van der Waals surface area contributed by atoms with E-state index in [-0.39, 0.29) is 11.2 Å². The van der Waals surface area contributed by atoms with Crippen molar-refractivity contribution < 1.29 is 4.39 Å². The van der Waals surface area contributed by atoms with E-state index in [4.69, 9.17) is 23.2 Å². The number of halogens is 3. The summed E-state index contributed by atoms with van der Waals surface area (Å²) in [6.07, 6.45) is 0.935. The van der Waals surface area contributed by atoms with Crippen molar-refractivity contribution in [2.45, 2.75) is 26.8 Å². The van der Waals surface area contributed by atoms with E-state index >= 15 is 0 Å². The third kappa shape index (κ3) is 5.24. The first-order valence-electron chi connectivity index (χ1n) is 5.65. The lowest BCUT2D eigenvalue weighted by Gasteiger charge is -2.24. The van der Waals surface area contributed by atoms with Gasteiger partial charge in [-0.25, -0.2) is 4.39 Å². The number of hydrogen-bond donors (Lipinski definition) is 1. The Balaban J connectivity index is 2.46. The van der Waals surface area contributed by atoms with E-state index in [2.05, 4.69) is 19.2 Å². The van der Waals surface area contributed by atoms with E-state index < -0.39 is 0 Å². The lowest BCUT2D eigenvalue weighted by atomic mass is 9.90. The molecule has 0 saturated heterocycles. The fourth-order valence-electron chi connectivity index (χ4n) is 1.54. The molecule has 4 heteroatoms. The molecule has 1 aromatic rings. The highest BCUT2D eigenvalue weighted by Crippen LogP contribution is 2.20. The van der Waals surface area contributed by atoms with E-state index in [9.17, 15) is 4.39 Å². The minimum absolute atomic E-state index is 0.130. The van der Waals surface area contributed by atoms with Crippen LogP contribution in [0.25, 0.3) is 0 Å². The molecule has 0 aliphatic rings. The van der Waals surface area contributed by atoms with E-state index in [1.807, 2.05) is 0 Å². The molecule has 1 aromatic carbocycles. The van der Waals surface area contributed by atoms with Crippen molar-refractivity contribution in [3.05, 3.63) is 34.6 Å². The van der Waals surface area contributed by atoms with Crippen LogP contribution in [0.4, 0.5) is 4.39 Å². The minimum Gasteiger partial charge on any atom is -0.312 e. The van der Waals surface area contributed by atoms with Gasteiger partial charge in [-0.3, -0.25) is 0 Å². The van der Waals surface area contributed by atoms with E-state index in [1.54, 1.807) is 12.1 Å². The lowest BCUT2D eigenvalue weighted by molar-refractivity contribution is 0.328. The van der Waals surface area contributed by atoms with E-state index in [0.29, 0.717) is 23.0 Å². The van der Waals surface area contributed by atoms with Crippen molar-refractivity contribution in [1.29, 1.82) is 0 Å². The molecule has 0 amide bonds. The highest BCUT2D eigenvalue weighted by atomic mass is 35.5. The van der Waals surface area contributed by atoms with Crippen LogP contribution in [-0.2, 0) is 6.54 Å². The van der Waals surface area contributed by atoms with Crippen molar-refractivity contribution in [2.24, 2.45) is 5.41 Å². The van der Waals surface area contributed by atoms with Crippen LogP contribution in [0.3, 0.4) is 0 Å². The Kier molecular flexibility index (Phi) is 5.71. The minimum atomic E-state index is -0.264. The van der Waals surface area contributed by atoms with Crippen LogP contribution in [0.15, 0.2) is 18.2 Å². The molecule has 0 aliphatic carbocycles. The molecule has 17 heavy (non-hydrogen) atoms. The summed E-state index contributed by atoms with van der Waals surface area (Å²) in [6, 6.07) is 4.74. The Bertz CT molecular complexity index is 366. The number of hydrogen-bond acceptors (Lipinski definition) is 1. The smallest absolute Gasteiger partial charge is 0.129 e. The summed E-state index contributed by atoms with van der Waals surface area (Å²) < 4.78 is 13.5. The molecule has 0 bridgehead atoms. The summed E-state index contributed by atoms with van der Waals surface area (Å²) in [4.78, 5) is 0. The predicted octanol–water partition coefficient (Wildman–Crippen LogP) is 4.22. The summed E-state index contributed by atoms with van der Waals surface area (Å²) in [5.74, 6) is 0.379. The molecule has 0 aromatic heterocycles. The SMILES string of the molecule is CC(C)(CCCl)CNCc1ccc(Cl)cc1F. The highest BCUT2D eigenvalue weighted by Gasteiger charge is 2.16. The topological polar surface area (TPSA) is 12.0 Å². The Morgan fingerprint density at radius 1 is 1.35 bits per heavy atom. The van der Waals surface area contributed by atoms with Crippen LogP contribution in [-0.4, -0.2) is 12.4 Å². The molecule has 0 saturated carbocycles. The molecule has 96 valence electrons. The molecule has 1 rings (SSSR count). The second-order valence-electron chi connectivity index (χ2n) is 4.94. The fourth-order valence-corrected chi connectivity index (χ4v) is 2.22. The average molecular weight is 278 g/mol. The van der Waals surface area contributed by atoms with Gasteiger partial charge in [0.15, 0.2) is 0 Å². The van der Waals surface area contributed by atoms with Crippen molar-refractivity contribution >= 4 is 23.2 Å². The molecule has 0 atom stereocenters. The number of nitrogens with one attached hydrogen (secondary N) is 1. The van der Waals surface area contributed by atoms with Crippen LogP contribution in [0.5, 0.6) is 0 Å². The predicted molar refractivity (Wildman–Crippen MR) is 72.2 cm³/mol. The van der Waals surface area contributed by atoms with Gasteiger partial charge in [0, 0.05) is 29.6 Å². The number of benzene rings is 1. The summed E-state index contributed by atoms with van der Waals surface area (Å²) in [5.41, 5.74) is 0.765. The zero-order chi connectivity index (χ0) is 12.9. The quantitative estimate of drug-likeness (QED) is 0.768. The molecule has 0 radical (unpaired) electrons. The van der Waals surface area contributed by atoms with Crippen LogP contribution >= 0.6 is 23.2 Å². The van der Waals surface area contributed by atoms with Gasteiger partial charge in [-0.05, 0) is 24.0 Å². The standard InChI is InChI=1S/C13H18Cl2FN/c1-13(2,5-6-14)9-17-8-10-3-4-11(15)7-12(10)16/h3-4,7,17H,5-6,8-9H2,1-2H3. The van der Waals surface area contributed by atoms with E-state index in [0.717, 1.165) is 13.0 Å². The summed E-state index contributed by atoms with van der Waals surface area (Å²) in [7, 11) is 0. The van der Waals surface area contributed by atoms with Crippen molar-refractivity contribution in [2.75, 3.05) is 12.4 Å². The number of alkyl halides is 1. The summed E-state index contributed by atoms with van der Waals surface area (Å²) >= 11 is 11.4. The molecule has 0 aliphatic heterocycles. The molecular weight excluding hydrogens is 260 g/mol. The van der Waals surface area contributed by atoms with Gasteiger partial charge in [0.05, 0.1) is 0 Å². The second-order valence-corrected chi connectivity index (χ2v) is 5.76. The highest BCUT2D eigenvalue weighted by molar-refractivity contribution is 6.30. The first-order valence-corrected chi connectivity index (χ1v) is 6.56. The van der Waals surface area contributed by atoms with Gasteiger partial charge in [-0.15, -0.1) is 11.6 Å². The first-order chi connectivity index (χ1) is 7.94. The normalized spacial score (nSPS) is 11.8. The van der Waals surface area contributed by atoms with Gasteiger partial charge >= 0.3 is 0 Å². The fraction of sp³-hybridized carbons (Fsp3) is 0.538. The molecule has 0 fully saturated rings. The zero-order valence-electron chi connectivity index (χ0n) is 10.2. The number of rotatable bonds is 6. The lowest BCUT2D eigenvalue weighted by Crippen LogP contribution is -2.29. The van der Waals surface area contributed by atoms with E-state index in [1.165, 1.54) is 6.07 Å². The first kappa shape index (κ1) is 14.7. The van der Waals surface area contributed by atoms with Gasteiger partial charge in [0.25, 0.3) is 0 Å². The van der Waals surface area contributed by atoms with Gasteiger partial charge in [0.1, 0.15) is 5.82 Å². The Morgan fingerprint density at radius 3 is 2.65 bits per heavy atom. The largest absolute Gasteiger partial charge is 0.312 e. The summed E-state index contributed by atoms with van der Waals surface area (Å²) in [6.45, 7) is 5.59. The van der Waals surface area contributed by atoms with Gasteiger partial charge in [0.2, 0.25) is 0 Å². The summed E-state index contributed by atoms with van der Waals surface area (Å²) in [5, 5.41) is 3.67. The third-order valence-electron chi connectivity index (χ3n) is 2.71. The molecule has 0 spiro atoms. The maximum absolute atomic E-state index is 13.5. The van der Waals surface area contributed by atoms with Crippen LogP contribution in [0, 0.1) is 11.2 Å². The second kappa shape index (κ2) is 6.58. The zero-order valence-corrected chi connectivity index (χ0v) is 11.7. The van der Waals surface area contributed by atoms with Gasteiger partial charge < -0.3 is 5.32 Å². The Labute approximate surface area is 112 Å². The third-order valence-corrected chi connectivity index (χ3v) is 3.13. The Hall–Kier alpha value is -0.310. The molecule has 1 nitrogen and oxygen atoms in total. The molecule has 1 N–H and O–H groups in total. The molecule has 0 heterocycles. The Morgan fingerprint density at radius 2 is 2.06 bits per heavy atom. The van der Waals surface area contributed by atoms with Crippen molar-refractivity contribution in [1.82, 2.24) is 5.32 Å². The average Bonchev–Trinajstić information content (AvgIpc) is 2.21.